The van der Waals surface area contributed by atoms with Crippen molar-refractivity contribution >= 4 is 27.7 Å². The lowest BCUT2D eigenvalue weighted by Crippen LogP contribution is -2.51. The Labute approximate surface area is 148 Å². The van der Waals surface area contributed by atoms with Gasteiger partial charge in [-0.25, -0.2) is 8.42 Å². The van der Waals surface area contributed by atoms with Crippen molar-refractivity contribution in [2.24, 2.45) is 0 Å². The van der Waals surface area contributed by atoms with Crippen molar-refractivity contribution in [3.63, 3.8) is 0 Å². The molecule has 2 rings (SSSR count). The number of amides is 1. The maximum absolute atomic E-state index is 12.7. The molecular weight excluding hydrogens is 348 g/mol. The normalized spacial score (nSPS) is 16.8. The molecule has 134 valence electrons. The molecular formula is C16H24N2O4S2. The van der Waals surface area contributed by atoms with Crippen molar-refractivity contribution in [1.29, 1.82) is 0 Å². The second kappa shape index (κ2) is 8.84. The standard InChI is InChI=1S/C16H24N2O4S2/c1-13-3-5-14(6-4-13)24(20,21)17-15(7-12-23-2)16(19)18-8-10-22-11-9-18/h3-6,15,17H,7-12H2,1-2H3. The summed E-state index contributed by atoms with van der Waals surface area (Å²) in [7, 11) is -3.73. The quantitative estimate of drug-likeness (QED) is 0.780. The molecule has 1 N–H and O–H groups in total. The Kier molecular flexibility index (Phi) is 7.09. The Morgan fingerprint density at radius 1 is 1.29 bits per heavy atom. The van der Waals surface area contributed by atoms with E-state index in [-0.39, 0.29) is 10.8 Å². The van der Waals surface area contributed by atoms with Crippen LogP contribution >= 0.6 is 11.8 Å². The average molecular weight is 373 g/mol. The molecule has 1 heterocycles. The molecule has 8 heteroatoms. The summed E-state index contributed by atoms with van der Waals surface area (Å²) >= 11 is 1.59. The summed E-state index contributed by atoms with van der Waals surface area (Å²) in [6.45, 7) is 3.88. The van der Waals surface area contributed by atoms with E-state index in [1.54, 1.807) is 40.9 Å². The number of hydrogen-bond donors (Lipinski definition) is 1. The smallest absolute Gasteiger partial charge is 0.241 e. The van der Waals surface area contributed by atoms with E-state index in [0.29, 0.717) is 38.5 Å². The van der Waals surface area contributed by atoms with Crippen LogP contribution in [0.3, 0.4) is 0 Å². The van der Waals surface area contributed by atoms with Crippen LogP contribution < -0.4 is 4.72 Å². The molecule has 1 aliphatic rings. The van der Waals surface area contributed by atoms with Crippen LogP contribution in [0.1, 0.15) is 12.0 Å². The highest BCUT2D eigenvalue weighted by Gasteiger charge is 2.29. The van der Waals surface area contributed by atoms with Crippen LogP contribution in [-0.4, -0.2) is 63.6 Å². The van der Waals surface area contributed by atoms with Gasteiger partial charge in [0.1, 0.15) is 6.04 Å². The van der Waals surface area contributed by atoms with Gasteiger partial charge in [-0.15, -0.1) is 0 Å². The Hall–Kier alpha value is -1.09. The van der Waals surface area contributed by atoms with Crippen molar-refractivity contribution in [2.75, 3.05) is 38.3 Å². The van der Waals surface area contributed by atoms with E-state index in [9.17, 15) is 13.2 Å². The average Bonchev–Trinajstić information content (AvgIpc) is 2.59. The number of hydrogen-bond acceptors (Lipinski definition) is 5. The predicted molar refractivity (Wildman–Crippen MR) is 95.7 cm³/mol. The molecule has 1 saturated heterocycles. The van der Waals surface area contributed by atoms with Gasteiger partial charge in [0, 0.05) is 13.1 Å². The van der Waals surface area contributed by atoms with E-state index in [0.717, 1.165) is 5.56 Å². The molecule has 24 heavy (non-hydrogen) atoms. The molecule has 1 amide bonds. The third kappa shape index (κ3) is 5.20. The van der Waals surface area contributed by atoms with Gasteiger partial charge in [0.15, 0.2) is 0 Å². The number of sulfonamides is 1. The highest BCUT2D eigenvalue weighted by atomic mass is 32.2. The molecule has 0 saturated carbocycles. The summed E-state index contributed by atoms with van der Waals surface area (Å²) in [5.74, 6) is 0.528. The third-order valence-electron chi connectivity index (χ3n) is 3.86. The summed E-state index contributed by atoms with van der Waals surface area (Å²) < 4.78 is 33.0. The van der Waals surface area contributed by atoms with Gasteiger partial charge in [-0.1, -0.05) is 17.7 Å². The Morgan fingerprint density at radius 3 is 2.50 bits per heavy atom. The third-order valence-corrected chi connectivity index (χ3v) is 5.99. The highest BCUT2D eigenvalue weighted by Crippen LogP contribution is 2.14. The number of carbonyl (C=O) groups excluding carboxylic acids is 1. The van der Waals surface area contributed by atoms with Gasteiger partial charge in [0.25, 0.3) is 0 Å². The molecule has 1 atom stereocenters. The molecule has 1 aliphatic heterocycles. The first kappa shape index (κ1) is 19.2. The number of thioether (sulfide) groups is 1. The van der Waals surface area contributed by atoms with Gasteiger partial charge < -0.3 is 9.64 Å². The molecule has 0 aromatic heterocycles. The van der Waals surface area contributed by atoms with Crippen molar-refractivity contribution in [3.05, 3.63) is 29.8 Å². The van der Waals surface area contributed by atoms with Crippen LogP contribution in [0.15, 0.2) is 29.2 Å². The lowest BCUT2D eigenvalue weighted by molar-refractivity contribution is -0.137. The van der Waals surface area contributed by atoms with Gasteiger partial charge in [0.05, 0.1) is 18.1 Å². The number of aryl methyl sites for hydroxylation is 1. The van der Waals surface area contributed by atoms with E-state index >= 15 is 0 Å². The highest BCUT2D eigenvalue weighted by molar-refractivity contribution is 7.98. The second-order valence-electron chi connectivity index (χ2n) is 5.71. The van der Waals surface area contributed by atoms with Crippen LogP contribution in [0.25, 0.3) is 0 Å². The maximum atomic E-state index is 12.7. The summed E-state index contributed by atoms with van der Waals surface area (Å²) in [6, 6.07) is 5.86. The first-order chi connectivity index (χ1) is 11.4. The molecule has 0 spiro atoms. The molecule has 0 bridgehead atoms. The largest absolute Gasteiger partial charge is 0.378 e. The Balaban J connectivity index is 2.14. The topological polar surface area (TPSA) is 75.7 Å². The van der Waals surface area contributed by atoms with Crippen molar-refractivity contribution < 1.29 is 17.9 Å². The van der Waals surface area contributed by atoms with Crippen molar-refractivity contribution in [2.45, 2.75) is 24.3 Å². The van der Waals surface area contributed by atoms with E-state index in [4.69, 9.17) is 4.74 Å². The number of benzene rings is 1. The van der Waals surface area contributed by atoms with Crippen molar-refractivity contribution in [3.8, 4) is 0 Å². The Bertz CT molecular complexity index is 641. The van der Waals surface area contributed by atoms with Crippen LogP contribution in [0.5, 0.6) is 0 Å². The van der Waals surface area contributed by atoms with Crippen LogP contribution in [0, 0.1) is 6.92 Å². The monoisotopic (exact) mass is 372 g/mol. The SMILES string of the molecule is CSCCC(NS(=O)(=O)c1ccc(C)cc1)C(=O)N1CCOCC1. The maximum Gasteiger partial charge on any atom is 0.241 e. The fraction of sp³-hybridized carbons (Fsp3) is 0.562. The molecule has 0 aliphatic carbocycles. The second-order valence-corrected chi connectivity index (χ2v) is 8.41. The minimum Gasteiger partial charge on any atom is -0.378 e. The van der Waals surface area contributed by atoms with Gasteiger partial charge in [0.2, 0.25) is 15.9 Å². The van der Waals surface area contributed by atoms with Gasteiger partial charge in [-0.05, 0) is 37.5 Å². The first-order valence-electron chi connectivity index (χ1n) is 7.88. The minimum atomic E-state index is -3.73. The van der Waals surface area contributed by atoms with Gasteiger partial charge in [-0.3, -0.25) is 4.79 Å². The summed E-state index contributed by atoms with van der Waals surface area (Å²) in [5.41, 5.74) is 0.984. The molecule has 1 aromatic rings. The zero-order valence-electron chi connectivity index (χ0n) is 14.0. The zero-order chi connectivity index (χ0) is 17.6. The summed E-state index contributed by atoms with van der Waals surface area (Å²) in [5, 5.41) is 0. The van der Waals surface area contributed by atoms with E-state index in [1.165, 1.54) is 0 Å². The first-order valence-corrected chi connectivity index (χ1v) is 10.8. The van der Waals surface area contributed by atoms with E-state index in [1.807, 2.05) is 13.2 Å². The van der Waals surface area contributed by atoms with Crippen LogP contribution in [0.4, 0.5) is 0 Å². The van der Waals surface area contributed by atoms with Crippen molar-refractivity contribution in [1.82, 2.24) is 9.62 Å². The van der Waals surface area contributed by atoms with Crippen LogP contribution in [0.2, 0.25) is 0 Å². The summed E-state index contributed by atoms with van der Waals surface area (Å²) in [4.78, 5) is 14.6. The zero-order valence-corrected chi connectivity index (χ0v) is 15.7. The summed E-state index contributed by atoms with van der Waals surface area (Å²) in [6.07, 6.45) is 2.40. The number of morpholine rings is 1. The van der Waals surface area contributed by atoms with Gasteiger partial charge in [-0.2, -0.15) is 16.5 Å². The molecule has 1 unspecified atom stereocenters. The van der Waals surface area contributed by atoms with E-state index in [2.05, 4.69) is 4.72 Å². The number of nitrogens with one attached hydrogen (secondary N) is 1. The van der Waals surface area contributed by atoms with Crippen LogP contribution in [-0.2, 0) is 19.6 Å². The molecule has 6 nitrogen and oxygen atoms in total. The molecule has 1 fully saturated rings. The predicted octanol–water partition coefficient (Wildman–Crippen LogP) is 1.25. The van der Waals surface area contributed by atoms with E-state index < -0.39 is 16.1 Å². The fourth-order valence-corrected chi connectivity index (χ4v) is 4.14. The lowest BCUT2D eigenvalue weighted by atomic mass is 10.2. The Morgan fingerprint density at radius 2 is 1.92 bits per heavy atom. The van der Waals surface area contributed by atoms with Gasteiger partial charge >= 0.3 is 0 Å². The number of ether oxygens (including phenoxy) is 1. The number of nitrogens with zero attached hydrogens (tertiary/aromatic N) is 1. The molecule has 1 aromatic carbocycles. The number of carbonyl (C=O) groups is 1. The number of rotatable bonds is 7. The minimum absolute atomic E-state index is 0.178. The lowest BCUT2D eigenvalue weighted by Gasteiger charge is -2.30. The fourth-order valence-electron chi connectivity index (χ4n) is 2.45. The molecule has 0 radical (unpaired) electrons.